The third kappa shape index (κ3) is 2.75. The van der Waals surface area contributed by atoms with Crippen molar-refractivity contribution in [2.45, 2.75) is 50.0 Å². The summed E-state index contributed by atoms with van der Waals surface area (Å²) in [7, 11) is 0. The zero-order chi connectivity index (χ0) is 15.9. The number of aryl methyl sites for hydroxylation is 1. The van der Waals surface area contributed by atoms with E-state index in [1.807, 2.05) is 0 Å². The van der Waals surface area contributed by atoms with Gasteiger partial charge in [-0.05, 0) is 44.6 Å². The van der Waals surface area contributed by atoms with Gasteiger partial charge in [0.25, 0.3) is 0 Å². The van der Waals surface area contributed by atoms with Gasteiger partial charge < -0.3 is 15.0 Å². The van der Waals surface area contributed by atoms with Gasteiger partial charge in [-0.2, -0.15) is 4.98 Å². The van der Waals surface area contributed by atoms with Gasteiger partial charge in [0.05, 0.1) is 11.0 Å². The molecular weight excluding hydrogens is 326 g/mol. The standard InChI is InChI=1S/C18H23N3O2.ClH/c1-13-3-5-14(6-4-13)17(9-11-22-12-10-17)16-20-15(21-23-16)18(19)7-2-8-18;/h3-6H,2,7-12,19H2,1H3;1H. The number of nitrogens with two attached hydrogens (primary N) is 1. The predicted molar refractivity (Wildman–Crippen MR) is 93.3 cm³/mol. The van der Waals surface area contributed by atoms with Gasteiger partial charge in [0, 0.05) is 13.2 Å². The van der Waals surface area contributed by atoms with Gasteiger partial charge in [-0.1, -0.05) is 35.0 Å². The molecule has 0 atom stereocenters. The highest BCUT2D eigenvalue weighted by Gasteiger charge is 2.44. The molecule has 0 spiro atoms. The molecule has 24 heavy (non-hydrogen) atoms. The fourth-order valence-corrected chi connectivity index (χ4v) is 3.62. The summed E-state index contributed by atoms with van der Waals surface area (Å²) in [6.45, 7) is 3.51. The smallest absolute Gasteiger partial charge is 0.237 e. The first kappa shape index (κ1) is 17.4. The Balaban J connectivity index is 0.00000169. The summed E-state index contributed by atoms with van der Waals surface area (Å²) >= 11 is 0. The summed E-state index contributed by atoms with van der Waals surface area (Å²) in [4.78, 5) is 4.74. The SMILES string of the molecule is Cc1ccc(C2(c3nc(C4(N)CCC4)no3)CCOCC2)cc1.Cl. The van der Waals surface area contributed by atoms with Crippen LogP contribution in [0.25, 0.3) is 0 Å². The maximum atomic E-state index is 6.36. The lowest BCUT2D eigenvalue weighted by Crippen LogP contribution is -2.44. The molecule has 1 aliphatic carbocycles. The van der Waals surface area contributed by atoms with Crippen molar-refractivity contribution >= 4 is 12.4 Å². The molecule has 2 heterocycles. The predicted octanol–water partition coefficient (Wildman–Crippen LogP) is 3.23. The third-order valence-corrected chi connectivity index (χ3v) is 5.48. The number of benzene rings is 1. The molecule has 0 amide bonds. The molecule has 4 rings (SSSR count). The molecule has 2 fully saturated rings. The van der Waals surface area contributed by atoms with Crippen LogP contribution in [0.1, 0.15) is 54.9 Å². The van der Waals surface area contributed by atoms with Gasteiger partial charge in [-0.25, -0.2) is 0 Å². The first-order valence-corrected chi connectivity index (χ1v) is 8.41. The van der Waals surface area contributed by atoms with Crippen molar-refractivity contribution in [3.63, 3.8) is 0 Å². The van der Waals surface area contributed by atoms with Gasteiger partial charge in [0.15, 0.2) is 5.82 Å². The van der Waals surface area contributed by atoms with Crippen LogP contribution in [0.4, 0.5) is 0 Å². The van der Waals surface area contributed by atoms with E-state index in [4.69, 9.17) is 20.0 Å². The van der Waals surface area contributed by atoms with Crippen molar-refractivity contribution in [2.24, 2.45) is 5.73 Å². The highest BCUT2D eigenvalue weighted by molar-refractivity contribution is 5.85. The number of nitrogens with zero attached hydrogens (tertiary/aromatic N) is 2. The van der Waals surface area contributed by atoms with E-state index in [0.29, 0.717) is 24.9 Å². The molecule has 2 N–H and O–H groups in total. The van der Waals surface area contributed by atoms with Crippen molar-refractivity contribution in [3.05, 3.63) is 47.1 Å². The Kier molecular flexibility index (Phi) is 4.69. The van der Waals surface area contributed by atoms with Crippen LogP contribution < -0.4 is 5.73 Å². The van der Waals surface area contributed by atoms with Crippen LogP contribution in [0.15, 0.2) is 28.8 Å². The molecule has 2 aromatic rings. The molecule has 0 unspecified atom stereocenters. The van der Waals surface area contributed by atoms with Crippen LogP contribution in [-0.4, -0.2) is 23.4 Å². The fraction of sp³-hybridized carbons (Fsp3) is 0.556. The molecule has 0 radical (unpaired) electrons. The van der Waals surface area contributed by atoms with Gasteiger partial charge in [0.2, 0.25) is 5.89 Å². The van der Waals surface area contributed by atoms with Crippen molar-refractivity contribution in [1.29, 1.82) is 0 Å². The Bertz CT molecular complexity index is 689. The maximum Gasteiger partial charge on any atom is 0.237 e. The fourth-order valence-electron chi connectivity index (χ4n) is 3.62. The van der Waals surface area contributed by atoms with E-state index in [1.165, 1.54) is 11.1 Å². The monoisotopic (exact) mass is 349 g/mol. The second-order valence-electron chi connectivity index (χ2n) is 6.99. The minimum absolute atomic E-state index is 0. The van der Waals surface area contributed by atoms with Crippen LogP contribution in [0.5, 0.6) is 0 Å². The Morgan fingerprint density at radius 1 is 1.04 bits per heavy atom. The molecule has 1 aromatic carbocycles. The summed E-state index contributed by atoms with van der Waals surface area (Å²) in [6.07, 6.45) is 4.72. The van der Waals surface area contributed by atoms with E-state index in [0.717, 1.165) is 32.1 Å². The molecule has 6 heteroatoms. The number of ether oxygens (including phenoxy) is 1. The summed E-state index contributed by atoms with van der Waals surface area (Å²) in [5.74, 6) is 1.35. The Hall–Kier alpha value is -1.43. The highest BCUT2D eigenvalue weighted by atomic mass is 35.5. The second-order valence-corrected chi connectivity index (χ2v) is 6.99. The summed E-state index contributed by atoms with van der Waals surface area (Å²) < 4.78 is 11.3. The number of hydrogen-bond donors (Lipinski definition) is 1. The normalized spacial score (nSPS) is 21.6. The lowest BCUT2D eigenvalue weighted by molar-refractivity contribution is 0.0523. The molecule has 1 saturated carbocycles. The Morgan fingerprint density at radius 3 is 2.29 bits per heavy atom. The van der Waals surface area contributed by atoms with Crippen LogP contribution in [-0.2, 0) is 15.7 Å². The molecule has 2 aliphatic rings. The van der Waals surface area contributed by atoms with Gasteiger partial charge in [-0.15, -0.1) is 12.4 Å². The van der Waals surface area contributed by atoms with Crippen LogP contribution in [0.2, 0.25) is 0 Å². The number of aromatic nitrogens is 2. The topological polar surface area (TPSA) is 74.2 Å². The summed E-state index contributed by atoms with van der Waals surface area (Å²) in [5.41, 5.74) is 8.19. The van der Waals surface area contributed by atoms with Crippen molar-refractivity contribution < 1.29 is 9.26 Å². The van der Waals surface area contributed by atoms with Crippen molar-refractivity contribution in [2.75, 3.05) is 13.2 Å². The quantitative estimate of drug-likeness (QED) is 0.920. The molecule has 0 bridgehead atoms. The molecule has 1 aliphatic heterocycles. The van der Waals surface area contributed by atoms with Gasteiger partial charge in [0.1, 0.15) is 0 Å². The first-order chi connectivity index (χ1) is 11.1. The second kappa shape index (κ2) is 6.47. The molecular formula is C18H24ClN3O2. The molecule has 130 valence electrons. The maximum absolute atomic E-state index is 6.36. The largest absolute Gasteiger partial charge is 0.381 e. The van der Waals surface area contributed by atoms with E-state index >= 15 is 0 Å². The van der Waals surface area contributed by atoms with Crippen LogP contribution in [0.3, 0.4) is 0 Å². The van der Waals surface area contributed by atoms with E-state index < -0.39 is 0 Å². The summed E-state index contributed by atoms with van der Waals surface area (Å²) in [5, 5.41) is 4.22. The lowest BCUT2D eigenvalue weighted by Gasteiger charge is -2.35. The number of rotatable bonds is 3. The summed E-state index contributed by atoms with van der Waals surface area (Å²) in [6, 6.07) is 8.62. The van der Waals surface area contributed by atoms with Crippen LogP contribution in [0, 0.1) is 6.92 Å². The van der Waals surface area contributed by atoms with Gasteiger partial charge in [-0.3, -0.25) is 0 Å². The lowest BCUT2D eigenvalue weighted by atomic mass is 9.73. The van der Waals surface area contributed by atoms with E-state index in [1.54, 1.807) is 0 Å². The average Bonchev–Trinajstić information content (AvgIpc) is 3.05. The Labute approximate surface area is 148 Å². The van der Waals surface area contributed by atoms with Crippen LogP contribution >= 0.6 is 12.4 Å². The molecule has 1 saturated heterocycles. The van der Waals surface area contributed by atoms with E-state index in [2.05, 4.69) is 36.3 Å². The average molecular weight is 350 g/mol. The first-order valence-electron chi connectivity index (χ1n) is 8.41. The number of halogens is 1. The minimum atomic E-state index is -0.388. The minimum Gasteiger partial charge on any atom is -0.381 e. The van der Waals surface area contributed by atoms with E-state index in [-0.39, 0.29) is 23.4 Å². The Morgan fingerprint density at radius 2 is 1.71 bits per heavy atom. The number of hydrogen-bond acceptors (Lipinski definition) is 5. The third-order valence-electron chi connectivity index (χ3n) is 5.48. The molecule has 5 nitrogen and oxygen atoms in total. The zero-order valence-electron chi connectivity index (χ0n) is 14.0. The zero-order valence-corrected chi connectivity index (χ0v) is 14.8. The van der Waals surface area contributed by atoms with Gasteiger partial charge >= 0.3 is 0 Å². The molecule has 1 aromatic heterocycles. The van der Waals surface area contributed by atoms with E-state index in [9.17, 15) is 0 Å². The van der Waals surface area contributed by atoms with Crippen molar-refractivity contribution in [1.82, 2.24) is 10.1 Å². The van der Waals surface area contributed by atoms with Crippen molar-refractivity contribution in [3.8, 4) is 0 Å². The highest BCUT2D eigenvalue weighted by Crippen LogP contribution is 2.43.